The number of ketones is 2. The van der Waals surface area contributed by atoms with Crippen LogP contribution in [0.5, 0.6) is 0 Å². The Morgan fingerprint density at radius 2 is 1.72 bits per heavy atom. The first-order chi connectivity index (χ1) is 13.5. The van der Waals surface area contributed by atoms with Gasteiger partial charge in [-0.15, -0.1) is 0 Å². The zero-order chi connectivity index (χ0) is 21.4. The average molecular weight is 397 g/mol. The summed E-state index contributed by atoms with van der Waals surface area (Å²) in [5.74, 6) is 0.712. The maximum absolute atomic E-state index is 12.8. The minimum atomic E-state index is -1.01. The third-order valence-corrected chi connectivity index (χ3v) is 8.94. The van der Waals surface area contributed by atoms with Crippen molar-refractivity contribution in [2.24, 2.45) is 28.6 Å². The Kier molecular flexibility index (Phi) is 4.39. The lowest BCUT2D eigenvalue weighted by Gasteiger charge is -2.59. The van der Waals surface area contributed by atoms with Gasteiger partial charge in [-0.3, -0.25) is 14.4 Å². The number of hydrogen-bond donors (Lipinski definition) is 0. The van der Waals surface area contributed by atoms with Gasteiger partial charge in [0, 0.05) is 17.8 Å². The summed E-state index contributed by atoms with van der Waals surface area (Å²) in [4.78, 5) is 37.0. The number of Topliss-reactive ketones (excluding diaryl/α,β-unsaturated/α-hetero) is 1. The molecule has 6 atom stereocenters. The predicted octanol–water partition coefficient (Wildman–Crippen LogP) is 4.74. The number of ether oxygens (including phenoxy) is 1. The molecule has 0 amide bonds. The molecule has 4 nitrogen and oxygen atoms in total. The highest BCUT2D eigenvalue weighted by molar-refractivity contribution is 6.05. The second-order valence-corrected chi connectivity index (χ2v) is 10.3. The molecule has 4 aliphatic rings. The quantitative estimate of drug-likeness (QED) is 0.500. The second-order valence-electron chi connectivity index (χ2n) is 10.3. The van der Waals surface area contributed by atoms with Gasteiger partial charge >= 0.3 is 5.97 Å². The van der Waals surface area contributed by atoms with Crippen molar-refractivity contribution in [1.82, 2.24) is 0 Å². The number of carbonyl (C=O) groups is 3. The highest BCUT2D eigenvalue weighted by Crippen LogP contribution is 2.69. The maximum Gasteiger partial charge on any atom is 0.303 e. The lowest BCUT2D eigenvalue weighted by molar-refractivity contribution is -0.186. The first-order valence-electron chi connectivity index (χ1n) is 10.8. The zero-order valence-corrected chi connectivity index (χ0v) is 18.1. The Bertz CT molecular complexity index is 879. The van der Waals surface area contributed by atoms with Gasteiger partial charge in [0.25, 0.3) is 0 Å². The Balaban J connectivity index is 1.76. The number of carbonyl (C=O) groups excluding carboxylic acids is 3. The van der Waals surface area contributed by atoms with Crippen molar-refractivity contribution in [3.8, 4) is 0 Å². The van der Waals surface area contributed by atoms with Crippen LogP contribution in [0.4, 0.5) is 0 Å². The van der Waals surface area contributed by atoms with Crippen LogP contribution in [0.15, 0.2) is 36.0 Å². The molecule has 29 heavy (non-hydrogen) atoms. The van der Waals surface area contributed by atoms with E-state index in [1.165, 1.54) is 6.92 Å². The van der Waals surface area contributed by atoms with Crippen molar-refractivity contribution < 1.29 is 19.1 Å². The SMILES string of the molecule is C=C1C[C@@]2(C)C(=CC1=O)C(=C)C[C@@H]1[C@@H]2CC[C@@]2(C)[C@H]1CC[C@]2(OC(C)=O)C(C)=O. The molecule has 0 saturated heterocycles. The molecule has 3 fully saturated rings. The number of esters is 1. The minimum Gasteiger partial charge on any atom is -0.451 e. The van der Waals surface area contributed by atoms with Crippen LogP contribution in [-0.4, -0.2) is 23.1 Å². The monoisotopic (exact) mass is 396 g/mol. The Morgan fingerprint density at radius 3 is 2.34 bits per heavy atom. The van der Waals surface area contributed by atoms with Crippen LogP contribution in [-0.2, 0) is 19.1 Å². The van der Waals surface area contributed by atoms with E-state index in [4.69, 9.17) is 4.74 Å². The Labute approximate surface area is 173 Å². The summed E-state index contributed by atoms with van der Waals surface area (Å²) in [6.07, 6.45) is 6.59. The van der Waals surface area contributed by atoms with Crippen molar-refractivity contribution in [3.63, 3.8) is 0 Å². The van der Waals surface area contributed by atoms with Crippen LogP contribution in [0.3, 0.4) is 0 Å². The normalized spacial score (nSPS) is 43.8. The largest absolute Gasteiger partial charge is 0.451 e. The molecule has 0 unspecified atom stereocenters. The third-order valence-electron chi connectivity index (χ3n) is 8.94. The van der Waals surface area contributed by atoms with Gasteiger partial charge in [0.05, 0.1) is 0 Å². The molecule has 0 aromatic rings. The van der Waals surface area contributed by atoms with Gasteiger partial charge in [-0.05, 0) is 80.4 Å². The minimum absolute atomic E-state index is 0.0315. The zero-order valence-electron chi connectivity index (χ0n) is 18.1. The number of fused-ring (bicyclic) bond motifs is 5. The molecule has 4 rings (SSSR count). The first kappa shape index (κ1) is 20.3. The molecule has 0 heterocycles. The van der Waals surface area contributed by atoms with E-state index < -0.39 is 5.60 Å². The summed E-state index contributed by atoms with van der Waals surface area (Å²) in [7, 11) is 0. The van der Waals surface area contributed by atoms with E-state index in [2.05, 4.69) is 27.0 Å². The van der Waals surface area contributed by atoms with Crippen LogP contribution in [0.1, 0.15) is 66.2 Å². The van der Waals surface area contributed by atoms with E-state index in [0.29, 0.717) is 36.2 Å². The van der Waals surface area contributed by atoms with Gasteiger partial charge in [-0.2, -0.15) is 0 Å². The molecule has 0 aliphatic heterocycles. The van der Waals surface area contributed by atoms with Crippen molar-refractivity contribution in [3.05, 3.63) is 36.0 Å². The van der Waals surface area contributed by atoms with Crippen LogP contribution >= 0.6 is 0 Å². The van der Waals surface area contributed by atoms with E-state index in [-0.39, 0.29) is 28.4 Å². The molecule has 0 radical (unpaired) electrons. The highest BCUT2D eigenvalue weighted by atomic mass is 16.6. The number of rotatable bonds is 2. The smallest absolute Gasteiger partial charge is 0.303 e. The molecule has 0 aromatic carbocycles. The molecule has 4 aliphatic carbocycles. The molecule has 0 aromatic heterocycles. The second kappa shape index (κ2) is 6.26. The molecular weight excluding hydrogens is 364 g/mol. The summed E-state index contributed by atoms with van der Waals surface area (Å²) < 4.78 is 5.82. The molecule has 3 saturated carbocycles. The summed E-state index contributed by atoms with van der Waals surface area (Å²) in [5, 5.41) is 0. The molecule has 156 valence electrons. The maximum atomic E-state index is 12.8. The van der Waals surface area contributed by atoms with E-state index in [9.17, 15) is 14.4 Å². The molecule has 0 spiro atoms. The Hall–Kier alpha value is -1.97. The summed E-state index contributed by atoms with van der Waals surface area (Å²) in [6.45, 7) is 15.8. The summed E-state index contributed by atoms with van der Waals surface area (Å²) >= 11 is 0. The van der Waals surface area contributed by atoms with Crippen molar-refractivity contribution in [2.75, 3.05) is 0 Å². The first-order valence-corrected chi connectivity index (χ1v) is 10.8. The molecule has 0 bridgehead atoms. The van der Waals surface area contributed by atoms with Gasteiger partial charge in [0.1, 0.15) is 0 Å². The topological polar surface area (TPSA) is 60.4 Å². The van der Waals surface area contributed by atoms with Crippen LogP contribution in [0, 0.1) is 28.6 Å². The van der Waals surface area contributed by atoms with Gasteiger partial charge in [0.15, 0.2) is 17.2 Å². The molecular formula is C25H32O4. The fourth-order valence-corrected chi connectivity index (χ4v) is 7.68. The Morgan fingerprint density at radius 1 is 1.07 bits per heavy atom. The van der Waals surface area contributed by atoms with Crippen LogP contribution in [0.2, 0.25) is 0 Å². The third kappa shape index (κ3) is 2.53. The van der Waals surface area contributed by atoms with Crippen LogP contribution < -0.4 is 0 Å². The van der Waals surface area contributed by atoms with Crippen molar-refractivity contribution >= 4 is 17.5 Å². The van der Waals surface area contributed by atoms with Gasteiger partial charge in [-0.1, -0.05) is 32.6 Å². The van der Waals surface area contributed by atoms with E-state index in [1.54, 1.807) is 13.0 Å². The highest BCUT2D eigenvalue weighted by Gasteiger charge is 2.68. The van der Waals surface area contributed by atoms with Gasteiger partial charge in [0.2, 0.25) is 0 Å². The lowest BCUT2D eigenvalue weighted by Crippen LogP contribution is -2.58. The fraction of sp³-hybridized carbons (Fsp3) is 0.640. The van der Waals surface area contributed by atoms with E-state index in [1.807, 2.05) is 0 Å². The molecule has 4 heteroatoms. The van der Waals surface area contributed by atoms with Crippen molar-refractivity contribution in [2.45, 2.75) is 71.8 Å². The van der Waals surface area contributed by atoms with E-state index >= 15 is 0 Å². The standard InChI is InChI=1S/C25H32O4/c1-14-11-18-19(23(5)13-15(2)22(28)12-21(14)23)7-9-24(6)20(18)8-10-25(24,16(3)26)29-17(4)27/h12,18-20H,1-2,7-11,13H2,3-6H3/t18-,19+,20+,23-,24+,25+/m1/s1. The number of allylic oxidation sites excluding steroid dienone is 3. The van der Waals surface area contributed by atoms with E-state index in [0.717, 1.165) is 36.8 Å². The average Bonchev–Trinajstić information content (AvgIpc) is 2.91. The lowest BCUT2D eigenvalue weighted by atomic mass is 9.45. The van der Waals surface area contributed by atoms with Gasteiger partial charge in [-0.25, -0.2) is 0 Å². The van der Waals surface area contributed by atoms with Gasteiger partial charge < -0.3 is 4.74 Å². The summed E-state index contributed by atoms with van der Waals surface area (Å²) in [5.41, 5.74) is 1.34. The number of hydrogen-bond acceptors (Lipinski definition) is 4. The summed E-state index contributed by atoms with van der Waals surface area (Å²) in [6, 6.07) is 0. The predicted molar refractivity (Wildman–Crippen MR) is 111 cm³/mol. The molecule has 0 N–H and O–H groups in total. The fourth-order valence-electron chi connectivity index (χ4n) is 7.68. The van der Waals surface area contributed by atoms with Crippen LogP contribution in [0.25, 0.3) is 0 Å². The van der Waals surface area contributed by atoms with Crippen molar-refractivity contribution in [1.29, 1.82) is 0 Å².